The number of ketones is 1. The molecular formula is C15H16N4O. The van der Waals surface area contributed by atoms with Gasteiger partial charge in [0.15, 0.2) is 11.6 Å². The van der Waals surface area contributed by atoms with Crippen LogP contribution in [-0.4, -0.2) is 25.7 Å². The van der Waals surface area contributed by atoms with E-state index in [-0.39, 0.29) is 11.2 Å². The van der Waals surface area contributed by atoms with Crippen molar-refractivity contribution in [3.05, 3.63) is 35.5 Å². The number of fused-ring (bicyclic) bond motifs is 1. The van der Waals surface area contributed by atoms with Gasteiger partial charge in [-0.3, -0.25) is 4.79 Å². The van der Waals surface area contributed by atoms with Gasteiger partial charge in [0.05, 0.1) is 11.3 Å². The average Bonchev–Trinajstić information content (AvgIpc) is 2.36. The highest BCUT2D eigenvalue weighted by Crippen LogP contribution is 2.33. The van der Waals surface area contributed by atoms with E-state index >= 15 is 0 Å². The summed E-state index contributed by atoms with van der Waals surface area (Å²) in [4.78, 5) is 29.3. The lowest BCUT2D eigenvalue weighted by molar-refractivity contribution is 0.0910. The Morgan fingerprint density at radius 3 is 2.70 bits per heavy atom. The number of carbonyl (C=O) groups excluding carboxylic acids is 1. The first kappa shape index (κ1) is 12.8. The molecule has 20 heavy (non-hydrogen) atoms. The molecule has 0 spiro atoms. The van der Waals surface area contributed by atoms with E-state index in [4.69, 9.17) is 0 Å². The standard InChI is InChI=1S/C15H16N4O/c1-9-16-5-4-11(18-9)14-17-8-10-12(19-14)6-15(2,3)7-13(10)20/h4-5,8H,6-7H2,1-3H3. The first-order valence-electron chi connectivity index (χ1n) is 6.64. The summed E-state index contributed by atoms with van der Waals surface area (Å²) in [6, 6.07) is 1.78. The molecule has 102 valence electrons. The fraction of sp³-hybridized carbons (Fsp3) is 0.400. The van der Waals surface area contributed by atoms with Gasteiger partial charge in [0.2, 0.25) is 0 Å². The van der Waals surface area contributed by atoms with Gasteiger partial charge in [0.25, 0.3) is 0 Å². The molecule has 0 fully saturated rings. The quantitative estimate of drug-likeness (QED) is 0.794. The van der Waals surface area contributed by atoms with Gasteiger partial charge in [-0.05, 0) is 24.8 Å². The minimum absolute atomic E-state index is 0.0443. The molecule has 0 atom stereocenters. The Labute approximate surface area is 117 Å². The zero-order valence-electron chi connectivity index (χ0n) is 11.8. The third-order valence-corrected chi connectivity index (χ3v) is 3.46. The Balaban J connectivity index is 2.07. The lowest BCUT2D eigenvalue weighted by Gasteiger charge is -2.29. The van der Waals surface area contributed by atoms with Crippen molar-refractivity contribution in [3.8, 4) is 11.5 Å². The van der Waals surface area contributed by atoms with Crippen molar-refractivity contribution in [1.29, 1.82) is 0 Å². The smallest absolute Gasteiger partial charge is 0.178 e. The molecule has 0 amide bonds. The third kappa shape index (κ3) is 2.31. The van der Waals surface area contributed by atoms with Gasteiger partial charge in [0.1, 0.15) is 11.5 Å². The zero-order valence-corrected chi connectivity index (χ0v) is 11.8. The molecule has 1 aliphatic rings. The maximum absolute atomic E-state index is 12.1. The van der Waals surface area contributed by atoms with Crippen molar-refractivity contribution in [1.82, 2.24) is 19.9 Å². The van der Waals surface area contributed by atoms with E-state index in [1.165, 1.54) is 0 Å². The fourth-order valence-corrected chi connectivity index (χ4v) is 2.53. The van der Waals surface area contributed by atoms with Crippen molar-refractivity contribution in [2.75, 3.05) is 0 Å². The van der Waals surface area contributed by atoms with Crippen LogP contribution in [0.2, 0.25) is 0 Å². The number of aryl methyl sites for hydroxylation is 1. The topological polar surface area (TPSA) is 68.6 Å². The summed E-state index contributed by atoms with van der Waals surface area (Å²) < 4.78 is 0. The second kappa shape index (κ2) is 4.44. The van der Waals surface area contributed by atoms with Crippen molar-refractivity contribution in [3.63, 3.8) is 0 Å². The summed E-state index contributed by atoms with van der Waals surface area (Å²) in [7, 11) is 0. The molecule has 2 aromatic rings. The predicted molar refractivity (Wildman–Crippen MR) is 74.2 cm³/mol. The van der Waals surface area contributed by atoms with Crippen molar-refractivity contribution in [2.24, 2.45) is 5.41 Å². The zero-order chi connectivity index (χ0) is 14.3. The van der Waals surface area contributed by atoms with E-state index < -0.39 is 0 Å². The van der Waals surface area contributed by atoms with Gasteiger partial charge >= 0.3 is 0 Å². The van der Waals surface area contributed by atoms with E-state index in [2.05, 4.69) is 33.8 Å². The van der Waals surface area contributed by atoms with Crippen molar-refractivity contribution >= 4 is 5.78 Å². The maximum Gasteiger partial charge on any atom is 0.178 e. The number of hydrogen-bond donors (Lipinski definition) is 0. The van der Waals surface area contributed by atoms with Crippen LogP contribution in [0.4, 0.5) is 0 Å². The highest BCUT2D eigenvalue weighted by molar-refractivity contribution is 5.98. The number of hydrogen-bond acceptors (Lipinski definition) is 5. The molecule has 5 nitrogen and oxygen atoms in total. The Hall–Kier alpha value is -2.17. The van der Waals surface area contributed by atoms with Crippen LogP contribution in [0.25, 0.3) is 11.5 Å². The minimum atomic E-state index is -0.0443. The average molecular weight is 268 g/mol. The van der Waals surface area contributed by atoms with Crippen molar-refractivity contribution < 1.29 is 4.79 Å². The summed E-state index contributed by atoms with van der Waals surface area (Å²) in [5.74, 6) is 1.36. The predicted octanol–water partition coefficient (Wildman–Crippen LogP) is 2.40. The van der Waals surface area contributed by atoms with Crippen LogP contribution in [0.5, 0.6) is 0 Å². The lowest BCUT2D eigenvalue weighted by Crippen LogP contribution is -2.28. The van der Waals surface area contributed by atoms with Gasteiger partial charge in [-0.1, -0.05) is 13.8 Å². The van der Waals surface area contributed by atoms with Gasteiger partial charge in [-0.25, -0.2) is 19.9 Å². The maximum atomic E-state index is 12.1. The van der Waals surface area contributed by atoms with Gasteiger partial charge in [-0.15, -0.1) is 0 Å². The highest BCUT2D eigenvalue weighted by Gasteiger charge is 2.32. The summed E-state index contributed by atoms with van der Waals surface area (Å²) >= 11 is 0. The van der Waals surface area contributed by atoms with Crippen LogP contribution in [0.15, 0.2) is 18.5 Å². The number of Topliss-reactive ketones (excluding diaryl/α,β-unsaturated/α-hetero) is 1. The van der Waals surface area contributed by atoms with Crippen LogP contribution in [-0.2, 0) is 6.42 Å². The van der Waals surface area contributed by atoms with E-state index in [1.807, 2.05) is 6.92 Å². The Bertz CT molecular complexity index is 694. The number of carbonyl (C=O) groups is 1. The first-order valence-corrected chi connectivity index (χ1v) is 6.64. The molecule has 2 aromatic heterocycles. The fourth-order valence-electron chi connectivity index (χ4n) is 2.53. The molecule has 0 aromatic carbocycles. The largest absolute Gasteiger partial charge is 0.294 e. The molecule has 0 bridgehead atoms. The Kier molecular flexibility index (Phi) is 2.85. The van der Waals surface area contributed by atoms with Crippen LogP contribution in [0, 0.1) is 12.3 Å². The normalized spacial score (nSPS) is 16.9. The van der Waals surface area contributed by atoms with Crippen LogP contribution in [0.3, 0.4) is 0 Å². The van der Waals surface area contributed by atoms with Crippen LogP contribution in [0.1, 0.15) is 42.1 Å². The number of nitrogens with zero attached hydrogens (tertiary/aromatic N) is 4. The molecule has 3 rings (SSSR count). The SMILES string of the molecule is Cc1nccc(-c2ncc3c(n2)CC(C)(C)CC3=O)n1. The lowest BCUT2D eigenvalue weighted by atomic mass is 9.76. The van der Waals surface area contributed by atoms with E-state index in [9.17, 15) is 4.79 Å². The minimum Gasteiger partial charge on any atom is -0.294 e. The monoisotopic (exact) mass is 268 g/mol. The summed E-state index contributed by atoms with van der Waals surface area (Å²) in [5, 5.41) is 0. The first-order chi connectivity index (χ1) is 9.44. The van der Waals surface area contributed by atoms with E-state index in [0.29, 0.717) is 29.3 Å². The van der Waals surface area contributed by atoms with Crippen LogP contribution < -0.4 is 0 Å². The van der Waals surface area contributed by atoms with Gasteiger partial charge < -0.3 is 0 Å². The van der Waals surface area contributed by atoms with Gasteiger partial charge in [-0.2, -0.15) is 0 Å². The summed E-state index contributed by atoms with van der Waals surface area (Å²) in [6.45, 7) is 6.00. The molecule has 0 radical (unpaired) electrons. The number of rotatable bonds is 1. The molecule has 5 heteroatoms. The third-order valence-electron chi connectivity index (χ3n) is 3.46. The molecule has 1 aliphatic carbocycles. The van der Waals surface area contributed by atoms with Crippen molar-refractivity contribution in [2.45, 2.75) is 33.6 Å². The Morgan fingerprint density at radius 2 is 1.95 bits per heavy atom. The molecule has 0 unspecified atom stereocenters. The molecule has 0 saturated heterocycles. The van der Waals surface area contributed by atoms with E-state index in [0.717, 1.165) is 12.1 Å². The number of aromatic nitrogens is 4. The molecule has 0 N–H and O–H groups in total. The Morgan fingerprint density at radius 1 is 1.15 bits per heavy atom. The molecular weight excluding hydrogens is 252 g/mol. The summed E-state index contributed by atoms with van der Waals surface area (Å²) in [5.41, 5.74) is 2.12. The highest BCUT2D eigenvalue weighted by atomic mass is 16.1. The molecule has 2 heterocycles. The second-order valence-corrected chi connectivity index (χ2v) is 5.98. The second-order valence-electron chi connectivity index (χ2n) is 5.98. The van der Waals surface area contributed by atoms with E-state index in [1.54, 1.807) is 18.5 Å². The molecule has 0 aliphatic heterocycles. The van der Waals surface area contributed by atoms with Gasteiger partial charge in [0, 0.05) is 18.8 Å². The molecule has 0 saturated carbocycles. The van der Waals surface area contributed by atoms with Crippen LogP contribution >= 0.6 is 0 Å². The summed E-state index contributed by atoms with van der Waals surface area (Å²) in [6.07, 6.45) is 4.66.